The fourth-order valence-corrected chi connectivity index (χ4v) is 3.26. The van der Waals surface area contributed by atoms with Crippen molar-refractivity contribution in [3.8, 4) is 22.9 Å². The van der Waals surface area contributed by atoms with Gasteiger partial charge in [-0.15, -0.1) is 0 Å². The lowest BCUT2D eigenvalue weighted by atomic mass is 10.1. The number of carbonyl (C=O) groups excluding carboxylic acids is 1. The minimum absolute atomic E-state index is 0.0244. The maximum Gasteiger partial charge on any atom is 0.416 e. The molecule has 206 valence electrons. The van der Waals surface area contributed by atoms with Crippen molar-refractivity contribution in [2.45, 2.75) is 39.5 Å². The van der Waals surface area contributed by atoms with E-state index in [-0.39, 0.29) is 46.8 Å². The Labute approximate surface area is 217 Å². The zero-order valence-electron chi connectivity index (χ0n) is 20.6. The van der Waals surface area contributed by atoms with Gasteiger partial charge >= 0.3 is 18.3 Å². The summed E-state index contributed by atoms with van der Waals surface area (Å²) in [7, 11) is 0. The molecule has 2 aromatic carbocycles. The quantitative estimate of drug-likeness (QED) is 0.200. The summed E-state index contributed by atoms with van der Waals surface area (Å²) in [4.78, 5) is 30.3. The number of ketones is 1. The van der Waals surface area contributed by atoms with Crippen molar-refractivity contribution >= 4 is 11.8 Å². The molecule has 0 spiro atoms. The van der Waals surface area contributed by atoms with E-state index in [1.54, 1.807) is 13.8 Å². The van der Waals surface area contributed by atoms with Crippen LogP contribution in [0.15, 0.2) is 57.4 Å². The number of Topliss-reactive ketones (excluding diaryl/α,β-unsaturated/α-hetero) is 1. The summed E-state index contributed by atoms with van der Waals surface area (Å²) in [6.45, 7) is 4.77. The van der Waals surface area contributed by atoms with Crippen LogP contribution >= 0.6 is 0 Å². The van der Waals surface area contributed by atoms with Crippen LogP contribution in [0.25, 0.3) is 22.9 Å². The Morgan fingerprint density at radius 1 is 0.718 bits per heavy atom. The Morgan fingerprint density at radius 2 is 1.08 bits per heavy atom. The van der Waals surface area contributed by atoms with E-state index in [1.807, 2.05) is 0 Å². The highest BCUT2D eigenvalue weighted by atomic mass is 19.4. The SMILES string of the molecule is CCC(=O)c1oc(-c2ccc(C(F)(F)F)cc2)nc1C.Cc1nc(-c2ccc(C(F)(F)F)cc2)oc1C(=O)O. The molecule has 39 heavy (non-hydrogen) atoms. The molecule has 2 heterocycles. The summed E-state index contributed by atoms with van der Waals surface area (Å²) in [5, 5.41) is 8.79. The molecule has 0 saturated carbocycles. The Morgan fingerprint density at radius 3 is 1.38 bits per heavy atom. The average Bonchev–Trinajstić information content (AvgIpc) is 3.46. The van der Waals surface area contributed by atoms with Gasteiger partial charge in [0.2, 0.25) is 17.5 Å². The second-order valence-electron chi connectivity index (χ2n) is 8.10. The highest BCUT2D eigenvalue weighted by Crippen LogP contribution is 2.32. The van der Waals surface area contributed by atoms with Crippen LogP contribution in [0, 0.1) is 13.8 Å². The molecule has 2 aromatic heterocycles. The minimum Gasteiger partial charge on any atom is -0.475 e. The van der Waals surface area contributed by atoms with Gasteiger partial charge in [0.25, 0.3) is 0 Å². The topological polar surface area (TPSA) is 106 Å². The number of aromatic nitrogens is 2. The predicted molar refractivity (Wildman–Crippen MR) is 125 cm³/mol. The summed E-state index contributed by atoms with van der Waals surface area (Å²) in [6, 6.07) is 8.58. The van der Waals surface area contributed by atoms with Gasteiger partial charge in [-0.1, -0.05) is 6.92 Å². The van der Waals surface area contributed by atoms with E-state index < -0.39 is 29.4 Å². The number of aryl methyl sites for hydroxylation is 2. The second-order valence-corrected chi connectivity index (χ2v) is 8.10. The molecule has 0 aliphatic carbocycles. The van der Waals surface area contributed by atoms with Gasteiger partial charge in [-0.3, -0.25) is 4.79 Å². The largest absolute Gasteiger partial charge is 0.475 e. The van der Waals surface area contributed by atoms with E-state index in [0.717, 1.165) is 24.3 Å². The van der Waals surface area contributed by atoms with Crippen LogP contribution in [-0.4, -0.2) is 26.8 Å². The lowest BCUT2D eigenvalue weighted by molar-refractivity contribution is -0.138. The molecular formula is C26H20F6N2O5. The highest BCUT2D eigenvalue weighted by Gasteiger charge is 2.31. The number of hydrogen-bond donors (Lipinski definition) is 1. The number of hydrogen-bond acceptors (Lipinski definition) is 6. The second kappa shape index (κ2) is 11.1. The maximum atomic E-state index is 12.5. The summed E-state index contributed by atoms with van der Waals surface area (Å²) < 4.78 is 84.8. The van der Waals surface area contributed by atoms with Gasteiger partial charge in [0, 0.05) is 17.5 Å². The third-order valence-corrected chi connectivity index (χ3v) is 5.28. The molecule has 0 atom stereocenters. The molecule has 0 aliphatic heterocycles. The van der Waals surface area contributed by atoms with Gasteiger partial charge in [0.05, 0.1) is 22.5 Å². The van der Waals surface area contributed by atoms with Gasteiger partial charge in [-0.05, 0) is 62.4 Å². The standard InChI is InChI=1S/C14H12F3NO2.C12H8F3NO3/c1-3-11(19)12-8(2)18-13(20-12)9-4-6-10(7-5-9)14(15,16)17;1-6-9(11(17)18)19-10(16-6)7-2-4-8(5-3-7)12(13,14)15/h4-7H,3H2,1-2H3;2-5H,1H3,(H,17,18). The van der Waals surface area contributed by atoms with E-state index >= 15 is 0 Å². The molecule has 7 nitrogen and oxygen atoms in total. The van der Waals surface area contributed by atoms with Crippen molar-refractivity contribution in [1.29, 1.82) is 0 Å². The van der Waals surface area contributed by atoms with Crippen molar-refractivity contribution < 1.29 is 49.9 Å². The minimum atomic E-state index is -4.42. The number of alkyl halides is 6. The lowest BCUT2D eigenvalue weighted by Gasteiger charge is -2.06. The van der Waals surface area contributed by atoms with Crippen LogP contribution in [0.4, 0.5) is 26.3 Å². The van der Waals surface area contributed by atoms with Crippen LogP contribution < -0.4 is 0 Å². The van der Waals surface area contributed by atoms with E-state index in [4.69, 9.17) is 13.9 Å². The number of oxazole rings is 2. The first kappa shape index (κ1) is 29.1. The summed E-state index contributed by atoms with van der Waals surface area (Å²) >= 11 is 0. The summed E-state index contributed by atoms with van der Waals surface area (Å²) in [5.41, 5.74) is -0.249. The molecule has 0 unspecified atom stereocenters. The molecular weight excluding hydrogens is 534 g/mol. The third-order valence-electron chi connectivity index (χ3n) is 5.28. The molecule has 0 amide bonds. The fourth-order valence-electron chi connectivity index (χ4n) is 3.26. The van der Waals surface area contributed by atoms with Crippen LogP contribution in [0.1, 0.15) is 57.0 Å². The molecule has 13 heteroatoms. The Hall–Kier alpha value is -4.42. The third kappa shape index (κ3) is 6.92. The number of carboxylic acids is 1. The van der Waals surface area contributed by atoms with Crippen molar-refractivity contribution in [2.24, 2.45) is 0 Å². The van der Waals surface area contributed by atoms with Crippen LogP contribution in [0.3, 0.4) is 0 Å². The lowest BCUT2D eigenvalue weighted by Crippen LogP contribution is -2.03. The smallest absolute Gasteiger partial charge is 0.416 e. The molecule has 1 N–H and O–H groups in total. The maximum absolute atomic E-state index is 12.5. The van der Waals surface area contributed by atoms with Crippen molar-refractivity contribution in [2.75, 3.05) is 0 Å². The first-order valence-electron chi connectivity index (χ1n) is 11.2. The van der Waals surface area contributed by atoms with Crippen molar-refractivity contribution in [3.63, 3.8) is 0 Å². The molecule has 0 fully saturated rings. The average molecular weight is 554 g/mol. The Balaban J connectivity index is 0.000000216. The van der Waals surface area contributed by atoms with Gasteiger partial charge in [0.1, 0.15) is 0 Å². The number of halogens is 6. The number of carboxylic acid groups (broad SMARTS) is 1. The van der Waals surface area contributed by atoms with E-state index in [2.05, 4.69) is 9.97 Å². The first-order valence-corrected chi connectivity index (χ1v) is 11.2. The molecule has 0 radical (unpaired) electrons. The normalized spacial score (nSPS) is 11.6. The Bertz CT molecular complexity index is 1470. The number of aromatic carboxylic acids is 1. The fraction of sp³-hybridized carbons (Fsp3) is 0.231. The van der Waals surface area contributed by atoms with Crippen LogP contribution in [0.5, 0.6) is 0 Å². The number of carbonyl (C=O) groups is 2. The van der Waals surface area contributed by atoms with Crippen molar-refractivity contribution in [3.05, 3.63) is 82.6 Å². The van der Waals surface area contributed by atoms with E-state index in [9.17, 15) is 35.9 Å². The zero-order chi connectivity index (χ0) is 29.1. The Kier molecular flexibility index (Phi) is 8.32. The van der Waals surface area contributed by atoms with Gasteiger partial charge in [-0.2, -0.15) is 26.3 Å². The van der Waals surface area contributed by atoms with Crippen LogP contribution in [0.2, 0.25) is 0 Å². The molecule has 4 rings (SSSR count). The zero-order valence-corrected chi connectivity index (χ0v) is 20.6. The molecule has 0 aliphatic rings. The highest BCUT2D eigenvalue weighted by molar-refractivity contribution is 5.94. The monoisotopic (exact) mass is 554 g/mol. The number of benzene rings is 2. The van der Waals surface area contributed by atoms with Gasteiger partial charge < -0.3 is 13.9 Å². The van der Waals surface area contributed by atoms with Crippen LogP contribution in [-0.2, 0) is 12.4 Å². The van der Waals surface area contributed by atoms with E-state index in [1.165, 1.54) is 31.2 Å². The summed E-state index contributed by atoms with van der Waals surface area (Å²) in [5.74, 6) is -1.51. The van der Waals surface area contributed by atoms with Crippen molar-refractivity contribution in [1.82, 2.24) is 9.97 Å². The molecule has 4 aromatic rings. The molecule has 0 bridgehead atoms. The predicted octanol–water partition coefficient (Wildman–Crippen LogP) is 7.63. The first-order chi connectivity index (χ1) is 18.1. The van der Waals surface area contributed by atoms with Gasteiger partial charge in [0.15, 0.2) is 11.5 Å². The van der Waals surface area contributed by atoms with Gasteiger partial charge in [-0.25, -0.2) is 14.8 Å². The van der Waals surface area contributed by atoms with E-state index in [0.29, 0.717) is 11.3 Å². The molecule has 0 saturated heterocycles. The number of rotatable bonds is 5. The number of nitrogens with zero attached hydrogens (tertiary/aromatic N) is 2. The summed E-state index contributed by atoms with van der Waals surface area (Å²) in [6.07, 6.45) is -8.52.